The van der Waals surface area contributed by atoms with E-state index in [-0.39, 0.29) is 0 Å². The number of carbonyl (C=O) groups excluding carboxylic acids is 2. The van der Waals surface area contributed by atoms with Crippen LogP contribution in [0.15, 0.2) is 0 Å². The van der Waals surface area contributed by atoms with Gasteiger partial charge < -0.3 is 10.4 Å². The molecule has 0 unspecified atom stereocenters. The lowest BCUT2D eigenvalue weighted by atomic mass is 10.3. The van der Waals surface area contributed by atoms with E-state index >= 15 is 0 Å². The van der Waals surface area contributed by atoms with Crippen LogP contribution < -0.4 is 5.32 Å². The van der Waals surface area contributed by atoms with Crippen LogP contribution >= 0.6 is 0 Å². The second kappa shape index (κ2) is 4.43. The van der Waals surface area contributed by atoms with Gasteiger partial charge in [0.2, 0.25) is 12.2 Å². The molecular weight excluding hydrogens is 150 g/mol. The molecule has 0 aromatic rings. The number of amides is 1. The zero-order valence-electron chi connectivity index (χ0n) is 5.96. The Morgan fingerprint density at radius 3 is 2.55 bits per heavy atom. The highest BCUT2D eigenvalue weighted by atomic mass is 16.4. The highest BCUT2D eigenvalue weighted by molar-refractivity contribution is 5.94. The van der Waals surface area contributed by atoms with Crippen LogP contribution in [0.25, 0.3) is 0 Å². The van der Waals surface area contributed by atoms with Crippen molar-refractivity contribution in [2.45, 2.75) is 19.4 Å². The topological polar surface area (TPSA) is 83.5 Å². The molecule has 0 saturated carbocycles. The average Bonchev–Trinajstić information content (AvgIpc) is 1.85. The predicted octanol–water partition coefficient (Wildman–Crippen LogP) is -0.925. The van der Waals surface area contributed by atoms with Gasteiger partial charge in [-0.25, -0.2) is 0 Å². The van der Waals surface area contributed by atoms with Crippen molar-refractivity contribution in [2.75, 3.05) is 0 Å². The van der Waals surface area contributed by atoms with E-state index in [1.165, 1.54) is 13.2 Å². The van der Waals surface area contributed by atoms with Crippen LogP contribution in [0.4, 0.5) is 0 Å². The molecule has 0 saturated heterocycles. The Morgan fingerprint density at radius 2 is 2.18 bits per heavy atom. The second-order valence-electron chi connectivity index (χ2n) is 1.98. The smallest absolute Gasteiger partial charge is 0.312 e. The van der Waals surface area contributed by atoms with Crippen molar-refractivity contribution in [3.8, 4) is 0 Å². The van der Waals surface area contributed by atoms with Crippen LogP contribution in [-0.2, 0) is 14.4 Å². The number of aliphatic carboxylic acids is 1. The van der Waals surface area contributed by atoms with Crippen molar-refractivity contribution in [1.29, 1.82) is 0 Å². The van der Waals surface area contributed by atoms with Gasteiger partial charge in [-0.1, -0.05) is 0 Å². The summed E-state index contributed by atoms with van der Waals surface area (Å²) in [5.74, 6) is -1.91. The summed E-state index contributed by atoms with van der Waals surface area (Å²) >= 11 is 0. The first kappa shape index (κ1) is 9.61. The summed E-state index contributed by atoms with van der Waals surface area (Å²) in [6.45, 7) is 1.41. The van der Waals surface area contributed by atoms with E-state index < -0.39 is 24.3 Å². The third-order valence-corrected chi connectivity index (χ3v) is 0.866. The summed E-state index contributed by atoms with van der Waals surface area (Å²) in [7, 11) is 0. The van der Waals surface area contributed by atoms with Gasteiger partial charge in [0.05, 0.1) is 6.04 Å². The van der Waals surface area contributed by atoms with Gasteiger partial charge in [-0.05, 0) is 6.92 Å². The maximum absolute atomic E-state index is 10.6. The number of carbonyl (C=O) groups is 2. The van der Waals surface area contributed by atoms with Crippen molar-refractivity contribution >= 4 is 18.2 Å². The Labute approximate surface area is 63.4 Å². The van der Waals surface area contributed by atoms with E-state index in [1.807, 2.05) is 0 Å². The SMILES string of the molecule is C[C@@H]([C]=O)NC(=O)CC(=O)O. The lowest BCUT2D eigenvalue weighted by Gasteiger charge is -2.03. The molecule has 5 nitrogen and oxygen atoms in total. The van der Waals surface area contributed by atoms with Gasteiger partial charge in [0, 0.05) is 0 Å². The Hall–Kier alpha value is -1.39. The molecule has 2 N–H and O–H groups in total. The number of hydrogen-bond donors (Lipinski definition) is 2. The van der Waals surface area contributed by atoms with E-state index in [9.17, 15) is 14.4 Å². The van der Waals surface area contributed by atoms with Crippen molar-refractivity contribution < 1.29 is 19.5 Å². The minimum absolute atomic E-state index is 0.619. The van der Waals surface area contributed by atoms with Crippen molar-refractivity contribution in [2.24, 2.45) is 0 Å². The molecule has 0 aliphatic rings. The van der Waals surface area contributed by atoms with Crippen LogP contribution in [0.2, 0.25) is 0 Å². The van der Waals surface area contributed by atoms with Gasteiger partial charge in [-0.2, -0.15) is 0 Å². The molecule has 0 aliphatic heterocycles. The van der Waals surface area contributed by atoms with Crippen LogP contribution in [0.1, 0.15) is 13.3 Å². The summed E-state index contributed by atoms with van der Waals surface area (Å²) < 4.78 is 0. The number of carboxylic acids is 1. The quantitative estimate of drug-likeness (QED) is 0.518. The Bertz CT molecular complexity index is 177. The van der Waals surface area contributed by atoms with Crippen molar-refractivity contribution in [3.05, 3.63) is 0 Å². The number of hydrogen-bond acceptors (Lipinski definition) is 3. The predicted molar refractivity (Wildman–Crippen MR) is 35.6 cm³/mol. The summed E-state index contributed by atoms with van der Waals surface area (Å²) in [6.07, 6.45) is 0.875. The van der Waals surface area contributed by atoms with E-state index in [1.54, 1.807) is 0 Å². The second-order valence-corrected chi connectivity index (χ2v) is 1.98. The zero-order valence-corrected chi connectivity index (χ0v) is 5.96. The van der Waals surface area contributed by atoms with Crippen LogP contribution in [-0.4, -0.2) is 29.3 Å². The van der Waals surface area contributed by atoms with Gasteiger partial charge in [-0.15, -0.1) is 0 Å². The number of carboxylic acid groups (broad SMARTS) is 1. The third-order valence-electron chi connectivity index (χ3n) is 0.866. The van der Waals surface area contributed by atoms with Crippen LogP contribution in [0, 0.1) is 0 Å². The molecule has 0 aliphatic carbocycles. The molecule has 1 amide bonds. The van der Waals surface area contributed by atoms with E-state index in [4.69, 9.17) is 5.11 Å². The Kier molecular flexibility index (Phi) is 3.87. The molecule has 0 rings (SSSR count). The van der Waals surface area contributed by atoms with Crippen LogP contribution in [0.5, 0.6) is 0 Å². The summed E-state index contributed by atoms with van der Waals surface area (Å²) in [5.41, 5.74) is 0. The normalized spacial score (nSPS) is 11.7. The van der Waals surface area contributed by atoms with E-state index in [2.05, 4.69) is 5.32 Å². The minimum Gasteiger partial charge on any atom is -0.481 e. The molecular formula is C6H8NO4. The molecule has 1 radical (unpaired) electrons. The molecule has 0 spiro atoms. The first-order valence-corrected chi connectivity index (χ1v) is 2.95. The zero-order chi connectivity index (χ0) is 8.85. The number of nitrogens with one attached hydrogen (secondary N) is 1. The van der Waals surface area contributed by atoms with Crippen molar-refractivity contribution in [3.63, 3.8) is 0 Å². The maximum Gasteiger partial charge on any atom is 0.312 e. The maximum atomic E-state index is 10.6. The van der Waals surface area contributed by atoms with Gasteiger partial charge in [-0.3, -0.25) is 14.4 Å². The molecule has 61 valence electrons. The third kappa shape index (κ3) is 5.07. The fourth-order valence-corrected chi connectivity index (χ4v) is 0.459. The van der Waals surface area contributed by atoms with E-state index in [0.29, 0.717) is 0 Å². The standard InChI is InChI=1S/C6H8NO4/c1-4(3-8)7-5(9)2-6(10)11/h4H,2H2,1H3,(H,7,9)(H,10,11)/t4-/m0/s1. The Morgan fingerprint density at radius 1 is 1.64 bits per heavy atom. The number of rotatable bonds is 4. The lowest BCUT2D eigenvalue weighted by Crippen LogP contribution is -2.34. The molecule has 0 fully saturated rings. The van der Waals surface area contributed by atoms with E-state index in [0.717, 1.165) is 0 Å². The largest absolute Gasteiger partial charge is 0.481 e. The molecule has 0 aromatic heterocycles. The molecule has 0 heterocycles. The molecule has 0 bridgehead atoms. The van der Waals surface area contributed by atoms with Crippen LogP contribution in [0.3, 0.4) is 0 Å². The Balaban J connectivity index is 3.69. The average molecular weight is 158 g/mol. The fourth-order valence-electron chi connectivity index (χ4n) is 0.459. The fraction of sp³-hybridized carbons (Fsp3) is 0.500. The molecule has 1 atom stereocenters. The van der Waals surface area contributed by atoms with Gasteiger partial charge >= 0.3 is 5.97 Å². The summed E-state index contributed by atoms with van der Waals surface area (Å²) in [4.78, 5) is 30.3. The van der Waals surface area contributed by atoms with Gasteiger partial charge in [0.15, 0.2) is 0 Å². The molecule has 0 aromatic carbocycles. The highest BCUT2D eigenvalue weighted by Crippen LogP contribution is 1.81. The van der Waals surface area contributed by atoms with Gasteiger partial charge in [0.1, 0.15) is 6.42 Å². The highest BCUT2D eigenvalue weighted by Gasteiger charge is 2.09. The first-order chi connectivity index (χ1) is 5.06. The molecule has 5 heteroatoms. The van der Waals surface area contributed by atoms with Crippen molar-refractivity contribution in [1.82, 2.24) is 5.32 Å². The summed E-state index contributed by atoms with van der Waals surface area (Å²) in [5, 5.41) is 10.2. The first-order valence-electron chi connectivity index (χ1n) is 2.95. The minimum atomic E-state index is -1.22. The monoisotopic (exact) mass is 158 g/mol. The lowest BCUT2D eigenvalue weighted by molar-refractivity contribution is -0.140. The van der Waals surface area contributed by atoms with Gasteiger partial charge in [0.25, 0.3) is 0 Å². The summed E-state index contributed by atoms with van der Waals surface area (Å²) in [6, 6.07) is -0.748. The molecule has 11 heavy (non-hydrogen) atoms.